The van der Waals surface area contributed by atoms with Crippen LogP contribution in [0.2, 0.25) is 0 Å². The second-order valence-corrected chi connectivity index (χ2v) is 7.87. The number of aliphatic carboxylic acids is 1. The Morgan fingerprint density at radius 2 is 1.52 bits per heavy atom. The van der Waals surface area contributed by atoms with Crippen LogP contribution >= 0.6 is 0 Å². The number of anilines is 2. The highest BCUT2D eigenvalue weighted by Gasteiger charge is 2.29. The number of benzene rings is 2. The standard InChI is InChI=1S/C23H28N2O2/c1-17(24-14-12-20(13-15-24)23(26)27)16-25-21-8-4-2-6-18(21)10-11-19-7-3-5-9-22(19)25/h2-9,17,20H,10-16H2,1H3,(H,26,27). The molecule has 1 saturated heterocycles. The molecular weight excluding hydrogens is 336 g/mol. The highest BCUT2D eigenvalue weighted by molar-refractivity contribution is 5.71. The van der Waals surface area contributed by atoms with Gasteiger partial charge in [0.2, 0.25) is 0 Å². The number of carbonyl (C=O) groups is 1. The van der Waals surface area contributed by atoms with Gasteiger partial charge in [-0.1, -0.05) is 36.4 Å². The van der Waals surface area contributed by atoms with Crippen molar-refractivity contribution in [2.75, 3.05) is 24.5 Å². The van der Waals surface area contributed by atoms with Crippen molar-refractivity contribution in [2.24, 2.45) is 5.92 Å². The lowest BCUT2D eigenvalue weighted by molar-refractivity contribution is -0.143. The van der Waals surface area contributed by atoms with Crippen LogP contribution in [0.3, 0.4) is 0 Å². The Bertz CT molecular complexity index is 764. The summed E-state index contributed by atoms with van der Waals surface area (Å²) in [7, 11) is 0. The van der Waals surface area contributed by atoms with Crippen molar-refractivity contribution in [2.45, 2.75) is 38.6 Å². The lowest BCUT2D eigenvalue weighted by Crippen LogP contribution is -2.46. The molecule has 2 aromatic rings. The molecule has 0 spiro atoms. The fourth-order valence-corrected chi connectivity index (χ4v) is 4.53. The highest BCUT2D eigenvalue weighted by Crippen LogP contribution is 2.36. The van der Waals surface area contributed by atoms with Crippen LogP contribution in [0.15, 0.2) is 48.5 Å². The SMILES string of the molecule is CC(CN1c2ccccc2CCc2ccccc21)N1CCC(C(=O)O)CC1. The minimum absolute atomic E-state index is 0.173. The fraction of sp³-hybridized carbons (Fsp3) is 0.435. The molecule has 1 N–H and O–H groups in total. The van der Waals surface area contributed by atoms with E-state index >= 15 is 0 Å². The third kappa shape index (κ3) is 3.72. The Kier molecular flexibility index (Phi) is 5.17. The number of nitrogens with zero attached hydrogens (tertiary/aromatic N) is 2. The van der Waals surface area contributed by atoms with E-state index in [-0.39, 0.29) is 5.92 Å². The lowest BCUT2D eigenvalue weighted by atomic mass is 9.96. The summed E-state index contributed by atoms with van der Waals surface area (Å²) >= 11 is 0. The number of fused-ring (bicyclic) bond motifs is 2. The molecule has 1 atom stereocenters. The summed E-state index contributed by atoms with van der Waals surface area (Å²) in [6.45, 7) is 4.94. The van der Waals surface area contributed by atoms with Gasteiger partial charge < -0.3 is 10.0 Å². The number of piperidine rings is 1. The second-order valence-electron chi connectivity index (χ2n) is 7.87. The Balaban J connectivity index is 1.57. The normalized spacial score (nSPS) is 19.1. The molecule has 27 heavy (non-hydrogen) atoms. The average Bonchev–Trinajstić information content (AvgIpc) is 2.86. The van der Waals surface area contributed by atoms with Crippen LogP contribution in [0.25, 0.3) is 0 Å². The van der Waals surface area contributed by atoms with Gasteiger partial charge in [-0.05, 0) is 69.0 Å². The van der Waals surface area contributed by atoms with Gasteiger partial charge in [0.1, 0.15) is 0 Å². The maximum atomic E-state index is 11.2. The predicted molar refractivity (Wildman–Crippen MR) is 109 cm³/mol. The first-order chi connectivity index (χ1) is 13.1. The van der Waals surface area contributed by atoms with Crippen LogP contribution in [0.5, 0.6) is 0 Å². The molecule has 142 valence electrons. The van der Waals surface area contributed by atoms with Crippen molar-refractivity contribution in [1.29, 1.82) is 0 Å². The summed E-state index contributed by atoms with van der Waals surface area (Å²) in [6.07, 6.45) is 3.66. The number of aryl methyl sites for hydroxylation is 2. The van der Waals surface area contributed by atoms with E-state index in [0.717, 1.165) is 45.3 Å². The van der Waals surface area contributed by atoms with Crippen molar-refractivity contribution >= 4 is 17.3 Å². The van der Waals surface area contributed by atoms with E-state index in [2.05, 4.69) is 65.3 Å². The van der Waals surface area contributed by atoms with Gasteiger partial charge in [0.25, 0.3) is 0 Å². The largest absolute Gasteiger partial charge is 0.481 e. The molecule has 1 unspecified atom stereocenters. The quantitative estimate of drug-likeness (QED) is 0.887. The maximum Gasteiger partial charge on any atom is 0.306 e. The van der Waals surface area contributed by atoms with E-state index in [1.165, 1.54) is 22.5 Å². The zero-order valence-corrected chi connectivity index (χ0v) is 16.0. The zero-order chi connectivity index (χ0) is 18.8. The van der Waals surface area contributed by atoms with Crippen LogP contribution in [-0.4, -0.2) is 41.7 Å². The van der Waals surface area contributed by atoms with Gasteiger partial charge in [0.05, 0.1) is 5.92 Å². The van der Waals surface area contributed by atoms with Crippen LogP contribution in [0.4, 0.5) is 11.4 Å². The van der Waals surface area contributed by atoms with Crippen molar-refractivity contribution < 1.29 is 9.90 Å². The summed E-state index contributed by atoms with van der Waals surface area (Å²) in [5, 5.41) is 9.25. The van der Waals surface area contributed by atoms with Gasteiger partial charge in [0.15, 0.2) is 0 Å². The topological polar surface area (TPSA) is 43.8 Å². The predicted octanol–water partition coefficient (Wildman–Crippen LogP) is 4.11. The van der Waals surface area contributed by atoms with Gasteiger partial charge in [-0.3, -0.25) is 9.69 Å². The number of carboxylic acids is 1. The number of hydrogen-bond acceptors (Lipinski definition) is 3. The summed E-state index contributed by atoms with van der Waals surface area (Å²) < 4.78 is 0. The Morgan fingerprint density at radius 1 is 1.00 bits per heavy atom. The van der Waals surface area contributed by atoms with Crippen LogP contribution in [0.1, 0.15) is 30.9 Å². The highest BCUT2D eigenvalue weighted by atomic mass is 16.4. The third-order valence-corrected chi connectivity index (χ3v) is 6.18. The van der Waals surface area contributed by atoms with Gasteiger partial charge >= 0.3 is 5.97 Å². The Hall–Kier alpha value is -2.33. The minimum atomic E-state index is -0.641. The summed E-state index contributed by atoms with van der Waals surface area (Å²) in [6, 6.07) is 17.9. The van der Waals surface area contributed by atoms with Crippen molar-refractivity contribution in [3.05, 3.63) is 59.7 Å². The molecule has 4 rings (SSSR count). The second kappa shape index (κ2) is 7.73. The van der Waals surface area contributed by atoms with Gasteiger partial charge in [-0.15, -0.1) is 0 Å². The molecule has 0 saturated carbocycles. The van der Waals surface area contributed by atoms with Crippen LogP contribution in [-0.2, 0) is 17.6 Å². The molecule has 4 heteroatoms. The van der Waals surface area contributed by atoms with Crippen molar-refractivity contribution in [1.82, 2.24) is 4.90 Å². The monoisotopic (exact) mass is 364 g/mol. The Morgan fingerprint density at radius 3 is 2.04 bits per heavy atom. The van der Waals surface area contributed by atoms with Gasteiger partial charge in [-0.2, -0.15) is 0 Å². The molecule has 2 aliphatic heterocycles. The number of rotatable bonds is 4. The lowest BCUT2D eigenvalue weighted by Gasteiger charge is -2.38. The van der Waals surface area contributed by atoms with Crippen molar-refractivity contribution in [3.8, 4) is 0 Å². The molecule has 0 bridgehead atoms. The van der Waals surface area contributed by atoms with E-state index in [4.69, 9.17) is 0 Å². The van der Waals surface area contributed by atoms with E-state index < -0.39 is 5.97 Å². The molecule has 2 aliphatic rings. The number of likely N-dealkylation sites (tertiary alicyclic amines) is 1. The summed E-state index contributed by atoms with van der Waals surface area (Å²) in [5.74, 6) is -0.814. The van der Waals surface area contributed by atoms with E-state index in [1.807, 2.05) is 0 Å². The summed E-state index contributed by atoms with van der Waals surface area (Å²) in [5.41, 5.74) is 5.44. The first-order valence-electron chi connectivity index (χ1n) is 10.0. The van der Waals surface area contributed by atoms with Gasteiger partial charge in [0, 0.05) is 24.0 Å². The van der Waals surface area contributed by atoms with E-state index in [1.54, 1.807) is 0 Å². The first kappa shape index (κ1) is 18.1. The molecule has 4 nitrogen and oxygen atoms in total. The minimum Gasteiger partial charge on any atom is -0.481 e. The molecule has 0 amide bonds. The molecule has 0 radical (unpaired) electrons. The Labute approximate surface area is 161 Å². The number of para-hydroxylation sites is 2. The fourth-order valence-electron chi connectivity index (χ4n) is 4.53. The molecule has 0 aliphatic carbocycles. The molecule has 2 aromatic carbocycles. The average molecular weight is 364 g/mol. The van der Waals surface area contributed by atoms with Gasteiger partial charge in [-0.25, -0.2) is 0 Å². The van der Waals surface area contributed by atoms with Crippen LogP contribution < -0.4 is 4.90 Å². The first-order valence-corrected chi connectivity index (χ1v) is 10.0. The zero-order valence-electron chi connectivity index (χ0n) is 16.0. The molecular formula is C23H28N2O2. The maximum absolute atomic E-state index is 11.2. The number of hydrogen-bond donors (Lipinski definition) is 1. The number of carboxylic acid groups (broad SMARTS) is 1. The smallest absolute Gasteiger partial charge is 0.306 e. The van der Waals surface area contributed by atoms with Crippen molar-refractivity contribution in [3.63, 3.8) is 0 Å². The molecule has 1 fully saturated rings. The molecule has 0 aromatic heterocycles. The third-order valence-electron chi connectivity index (χ3n) is 6.18. The molecule has 2 heterocycles. The summed E-state index contributed by atoms with van der Waals surface area (Å²) in [4.78, 5) is 16.2. The van der Waals surface area contributed by atoms with Crippen LogP contribution in [0, 0.1) is 5.92 Å². The van der Waals surface area contributed by atoms with E-state index in [0.29, 0.717) is 6.04 Å². The van der Waals surface area contributed by atoms with E-state index in [9.17, 15) is 9.90 Å².